The Balaban J connectivity index is 0.00000261. The number of hydrogen-bond acceptors (Lipinski definition) is 4. The quantitative estimate of drug-likeness (QED) is 0.323. The second-order valence-electron chi connectivity index (χ2n) is 7.04. The number of nitrogens with zero attached hydrogens (tertiary/aromatic N) is 2. The number of guanidine groups is 1. The Hall–Kier alpha value is -0.550. The molecule has 2 N–H and O–H groups in total. The highest BCUT2D eigenvalue weighted by Crippen LogP contribution is 2.22. The fraction of sp³-hybridized carbons (Fsp3) is 0.611. The first-order valence-corrected chi connectivity index (χ1v) is 11.8. The molecule has 2 aliphatic heterocycles. The predicted octanol–water partition coefficient (Wildman–Crippen LogP) is 2.64. The number of rotatable bonds is 5. The first-order chi connectivity index (χ1) is 12.4. The normalized spacial score (nSPS) is 24.5. The molecule has 0 spiro atoms. The van der Waals surface area contributed by atoms with E-state index in [0.29, 0.717) is 18.3 Å². The second kappa shape index (κ2) is 10.3. The molecular weight excluding hydrogens is 543 g/mol. The molecule has 0 radical (unpaired) electrons. The highest BCUT2D eigenvalue weighted by atomic mass is 127. The Morgan fingerprint density at radius 2 is 2.04 bits per heavy atom. The lowest BCUT2D eigenvalue weighted by atomic mass is 10.1. The van der Waals surface area contributed by atoms with Gasteiger partial charge in [0.15, 0.2) is 15.8 Å². The molecule has 1 aromatic rings. The van der Waals surface area contributed by atoms with Gasteiger partial charge < -0.3 is 15.5 Å². The fourth-order valence-electron chi connectivity index (χ4n) is 3.51. The van der Waals surface area contributed by atoms with Gasteiger partial charge in [-0.05, 0) is 49.9 Å². The van der Waals surface area contributed by atoms with Crippen LogP contribution in [-0.4, -0.2) is 58.1 Å². The van der Waals surface area contributed by atoms with E-state index in [4.69, 9.17) is 0 Å². The summed E-state index contributed by atoms with van der Waals surface area (Å²) in [7, 11) is -2.84. The highest BCUT2D eigenvalue weighted by Gasteiger charge is 2.28. The summed E-state index contributed by atoms with van der Waals surface area (Å²) in [6.07, 6.45) is 1.78. The smallest absolute Gasteiger partial charge is 0.191 e. The van der Waals surface area contributed by atoms with Crippen LogP contribution in [0.15, 0.2) is 33.7 Å². The number of halogens is 2. The molecule has 2 atom stereocenters. The third kappa shape index (κ3) is 6.77. The molecule has 2 heterocycles. The summed E-state index contributed by atoms with van der Waals surface area (Å²) in [6.45, 7) is 5.35. The average molecular weight is 571 g/mol. The lowest BCUT2D eigenvalue weighted by Crippen LogP contribution is -2.44. The van der Waals surface area contributed by atoms with E-state index >= 15 is 0 Å². The van der Waals surface area contributed by atoms with E-state index in [1.165, 1.54) is 5.69 Å². The van der Waals surface area contributed by atoms with Crippen molar-refractivity contribution in [3.05, 3.63) is 28.7 Å². The Morgan fingerprint density at radius 1 is 1.30 bits per heavy atom. The van der Waals surface area contributed by atoms with Gasteiger partial charge in [0.25, 0.3) is 0 Å². The van der Waals surface area contributed by atoms with Crippen LogP contribution in [0.5, 0.6) is 0 Å². The highest BCUT2D eigenvalue weighted by molar-refractivity contribution is 14.0. The van der Waals surface area contributed by atoms with Crippen LogP contribution in [0.1, 0.15) is 19.8 Å². The fourth-order valence-corrected chi connectivity index (χ4v) is 5.63. The summed E-state index contributed by atoms with van der Waals surface area (Å²) in [4.78, 5) is 7.01. The minimum absolute atomic E-state index is 0. The molecule has 1 aromatic carbocycles. The van der Waals surface area contributed by atoms with Crippen molar-refractivity contribution in [1.82, 2.24) is 10.6 Å². The van der Waals surface area contributed by atoms with Crippen LogP contribution in [-0.2, 0) is 9.84 Å². The van der Waals surface area contributed by atoms with E-state index in [-0.39, 0.29) is 35.6 Å². The van der Waals surface area contributed by atoms with Crippen LogP contribution in [0.3, 0.4) is 0 Å². The predicted molar refractivity (Wildman–Crippen MR) is 126 cm³/mol. The molecule has 6 nitrogen and oxygen atoms in total. The van der Waals surface area contributed by atoms with Gasteiger partial charge in [0, 0.05) is 42.4 Å². The molecule has 0 saturated carbocycles. The van der Waals surface area contributed by atoms with Crippen LogP contribution in [0.25, 0.3) is 0 Å². The van der Waals surface area contributed by atoms with Crippen LogP contribution < -0.4 is 15.5 Å². The van der Waals surface area contributed by atoms with Gasteiger partial charge in [0.05, 0.1) is 11.5 Å². The molecule has 3 rings (SSSR count). The monoisotopic (exact) mass is 570 g/mol. The molecule has 0 amide bonds. The van der Waals surface area contributed by atoms with Gasteiger partial charge >= 0.3 is 0 Å². The van der Waals surface area contributed by atoms with Crippen LogP contribution in [0, 0.1) is 5.92 Å². The van der Waals surface area contributed by atoms with Gasteiger partial charge in [-0.15, -0.1) is 24.0 Å². The number of nitrogens with one attached hydrogen (secondary N) is 2. The largest absolute Gasteiger partial charge is 0.369 e. The summed E-state index contributed by atoms with van der Waals surface area (Å²) in [5.74, 6) is 1.52. The van der Waals surface area contributed by atoms with Crippen molar-refractivity contribution in [2.75, 3.05) is 42.6 Å². The van der Waals surface area contributed by atoms with Crippen molar-refractivity contribution in [3.63, 3.8) is 0 Å². The molecule has 0 bridgehead atoms. The minimum Gasteiger partial charge on any atom is -0.369 e. The Bertz CT molecular complexity index is 742. The zero-order chi connectivity index (χ0) is 18.6. The van der Waals surface area contributed by atoms with Crippen LogP contribution in [0.4, 0.5) is 5.69 Å². The van der Waals surface area contributed by atoms with Gasteiger partial charge in [-0.25, -0.2) is 8.42 Å². The molecule has 27 heavy (non-hydrogen) atoms. The first-order valence-electron chi connectivity index (χ1n) is 9.21. The van der Waals surface area contributed by atoms with E-state index in [9.17, 15) is 8.42 Å². The summed E-state index contributed by atoms with van der Waals surface area (Å²) in [5, 5.41) is 6.79. The molecule has 2 fully saturated rings. The van der Waals surface area contributed by atoms with E-state index in [0.717, 1.165) is 42.9 Å². The van der Waals surface area contributed by atoms with Gasteiger partial charge in [0.1, 0.15) is 0 Å². The third-order valence-electron chi connectivity index (χ3n) is 4.90. The maximum absolute atomic E-state index is 11.6. The van der Waals surface area contributed by atoms with Crippen LogP contribution in [0.2, 0.25) is 0 Å². The molecule has 2 unspecified atom stereocenters. The number of aliphatic imine (C=N–C) groups is 1. The van der Waals surface area contributed by atoms with Gasteiger partial charge in [0.2, 0.25) is 0 Å². The van der Waals surface area contributed by atoms with Crippen molar-refractivity contribution in [3.8, 4) is 0 Å². The van der Waals surface area contributed by atoms with Crippen LogP contribution >= 0.6 is 39.9 Å². The zero-order valence-electron chi connectivity index (χ0n) is 15.5. The van der Waals surface area contributed by atoms with Crippen molar-refractivity contribution in [2.24, 2.45) is 10.9 Å². The lowest BCUT2D eigenvalue weighted by molar-refractivity contribution is 0.586. The van der Waals surface area contributed by atoms with E-state index in [2.05, 4.69) is 60.7 Å². The summed E-state index contributed by atoms with van der Waals surface area (Å²) in [6, 6.07) is 8.73. The van der Waals surface area contributed by atoms with Gasteiger partial charge in [-0.3, -0.25) is 4.99 Å². The number of benzene rings is 1. The SMILES string of the molecule is CCNC(=NCC1CCS(=O)(=O)C1)NC1CCN(c2ccc(Br)cc2)C1.I. The molecule has 0 aromatic heterocycles. The second-order valence-corrected chi connectivity index (χ2v) is 10.2. The number of sulfone groups is 1. The van der Waals surface area contributed by atoms with E-state index in [1.807, 2.05) is 6.92 Å². The van der Waals surface area contributed by atoms with E-state index in [1.54, 1.807) is 0 Å². The maximum atomic E-state index is 11.6. The Labute approximate surface area is 187 Å². The molecule has 2 aliphatic rings. The number of anilines is 1. The summed E-state index contributed by atoms with van der Waals surface area (Å²) in [5.41, 5.74) is 1.23. The lowest BCUT2D eigenvalue weighted by Gasteiger charge is -2.20. The van der Waals surface area contributed by atoms with Gasteiger partial charge in [-0.1, -0.05) is 15.9 Å². The van der Waals surface area contributed by atoms with Crippen molar-refractivity contribution in [2.45, 2.75) is 25.8 Å². The molecule has 2 saturated heterocycles. The number of hydrogen-bond donors (Lipinski definition) is 2. The average Bonchev–Trinajstić information content (AvgIpc) is 3.20. The van der Waals surface area contributed by atoms with Crippen molar-refractivity contribution < 1.29 is 8.42 Å². The Morgan fingerprint density at radius 3 is 2.67 bits per heavy atom. The third-order valence-corrected chi connectivity index (χ3v) is 7.27. The topological polar surface area (TPSA) is 73.8 Å². The molecular formula is C18H28BrIN4O2S. The molecule has 152 valence electrons. The van der Waals surface area contributed by atoms with Crippen molar-refractivity contribution >= 4 is 61.4 Å². The molecule has 9 heteroatoms. The van der Waals surface area contributed by atoms with E-state index < -0.39 is 9.84 Å². The Kier molecular flexibility index (Phi) is 8.67. The summed E-state index contributed by atoms with van der Waals surface area (Å²) < 4.78 is 24.3. The standard InChI is InChI=1S/C18H27BrN4O2S.HI/c1-2-20-18(21-11-14-8-10-26(24,25)13-14)22-16-7-9-23(12-16)17-5-3-15(19)4-6-17;/h3-6,14,16H,2,7-13H2,1H3,(H2,20,21,22);1H. The van der Waals surface area contributed by atoms with Crippen molar-refractivity contribution in [1.29, 1.82) is 0 Å². The first kappa shape index (κ1) is 22.7. The molecule has 0 aliphatic carbocycles. The maximum Gasteiger partial charge on any atom is 0.191 e. The summed E-state index contributed by atoms with van der Waals surface area (Å²) >= 11 is 3.48. The minimum atomic E-state index is -2.84. The van der Waals surface area contributed by atoms with Gasteiger partial charge in [-0.2, -0.15) is 0 Å². The zero-order valence-corrected chi connectivity index (χ0v) is 20.3.